The van der Waals surface area contributed by atoms with Crippen LogP contribution in [0.3, 0.4) is 0 Å². The second-order valence-electron chi connectivity index (χ2n) is 4.48. The molecule has 96 valence electrons. The van der Waals surface area contributed by atoms with Gasteiger partial charge in [0.05, 0.1) is 15.9 Å². The molecule has 0 saturated heterocycles. The summed E-state index contributed by atoms with van der Waals surface area (Å²) in [6.07, 6.45) is 0. The van der Waals surface area contributed by atoms with Crippen LogP contribution in [0.4, 0.5) is 0 Å². The Kier molecular flexibility index (Phi) is 4.04. The molecule has 0 spiro atoms. The molecule has 1 aliphatic rings. The quantitative estimate of drug-likeness (QED) is 0.727. The zero-order valence-electron chi connectivity index (χ0n) is 10.4. The number of nitrogens with zero attached hydrogens (tertiary/aromatic N) is 1. The molecule has 2 atom stereocenters. The van der Waals surface area contributed by atoms with Gasteiger partial charge in [-0.15, -0.1) is 11.8 Å². The van der Waals surface area contributed by atoms with E-state index in [0.29, 0.717) is 4.83 Å². The van der Waals surface area contributed by atoms with Crippen LogP contribution in [0.15, 0.2) is 65.7 Å². The van der Waals surface area contributed by atoms with Crippen molar-refractivity contribution in [3.63, 3.8) is 0 Å². The lowest BCUT2D eigenvalue weighted by Crippen LogP contribution is -2.20. The van der Waals surface area contributed by atoms with Crippen molar-refractivity contribution in [3.8, 4) is 0 Å². The molecule has 0 fully saturated rings. The third kappa shape index (κ3) is 2.93. The van der Waals surface area contributed by atoms with E-state index in [2.05, 4.69) is 64.5 Å². The van der Waals surface area contributed by atoms with E-state index in [9.17, 15) is 0 Å². The van der Waals surface area contributed by atoms with Gasteiger partial charge < -0.3 is 0 Å². The van der Waals surface area contributed by atoms with Crippen LogP contribution >= 0.6 is 27.7 Å². The van der Waals surface area contributed by atoms with Gasteiger partial charge in [-0.05, 0) is 5.56 Å². The standard InChI is InChI=1S/C16H14BrNS/c17-14-11-19-16(13-9-5-2-6-10-13)18-15(14)12-7-3-1-4-8-12/h1-10,14-15H,11H2/t14-,15-/m1/s1. The molecule has 0 unspecified atom stereocenters. The third-order valence-corrected chi connectivity index (χ3v) is 5.53. The lowest BCUT2D eigenvalue weighted by molar-refractivity contribution is 0.731. The summed E-state index contributed by atoms with van der Waals surface area (Å²) >= 11 is 5.59. The molecule has 0 radical (unpaired) electrons. The van der Waals surface area contributed by atoms with Gasteiger partial charge in [-0.3, -0.25) is 4.99 Å². The molecule has 3 heteroatoms. The lowest BCUT2D eigenvalue weighted by Gasteiger charge is -2.25. The minimum absolute atomic E-state index is 0.206. The Morgan fingerprint density at radius 3 is 2.26 bits per heavy atom. The van der Waals surface area contributed by atoms with Crippen molar-refractivity contribution in [2.24, 2.45) is 4.99 Å². The molecule has 0 aromatic heterocycles. The summed E-state index contributed by atoms with van der Waals surface area (Å²) in [7, 11) is 0. The van der Waals surface area contributed by atoms with Crippen molar-refractivity contribution in [2.75, 3.05) is 5.75 Å². The van der Waals surface area contributed by atoms with Crippen molar-refractivity contribution in [1.82, 2.24) is 0 Å². The van der Waals surface area contributed by atoms with E-state index >= 15 is 0 Å². The predicted molar refractivity (Wildman–Crippen MR) is 87.3 cm³/mol. The molecule has 0 aliphatic carbocycles. The average molecular weight is 332 g/mol. The van der Waals surface area contributed by atoms with Gasteiger partial charge >= 0.3 is 0 Å². The highest BCUT2D eigenvalue weighted by atomic mass is 79.9. The fourth-order valence-corrected chi connectivity index (χ4v) is 3.98. The first-order chi connectivity index (χ1) is 9.34. The van der Waals surface area contributed by atoms with E-state index in [4.69, 9.17) is 4.99 Å². The lowest BCUT2D eigenvalue weighted by atomic mass is 10.0. The highest BCUT2D eigenvalue weighted by molar-refractivity contribution is 9.09. The van der Waals surface area contributed by atoms with E-state index in [1.54, 1.807) is 0 Å². The maximum absolute atomic E-state index is 4.94. The first kappa shape index (κ1) is 12.9. The molecule has 1 aliphatic heterocycles. The minimum Gasteiger partial charge on any atom is -0.269 e. The Labute approximate surface area is 126 Å². The number of hydrogen-bond donors (Lipinski definition) is 0. The van der Waals surface area contributed by atoms with Crippen LogP contribution < -0.4 is 0 Å². The summed E-state index contributed by atoms with van der Waals surface area (Å²) in [5.74, 6) is 1.05. The summed E-state index contributed by atoms with van der Waals surface area (Å²) < 4.78 is 0. The summed E-state index contributed by atoms with van der Waals surface area (Å²) in [6, 6.07) is 21.1. The summed E-state index contributed by atoms with van der Waals surface area (Å²) in [4.78, 5) is 5.33. The van der Waals surface area contributed by atoms with Gasteiger partial charge in [0, 0.05) is 11.3 Å². The largest absolute Gasteiger partial charge is 0.269 e. The number of rotatable bonds is 2. The van der Waals surface area contributed by atoms with Crippen molar-refractivity contribution < 1.29 is 0 Å². The first-order valence-electron chi connectivity index (χ1n) is 6.29. The zero-order valence-corrected chi connectivity index (χ0v) is 12.8. The SMILES string of the molecule is Br[C@@H]1CSC(c2ccccc2)=N[C@@H]1c1ccccc1. The summed E-state index contributed by atoms with van der Waals surface area (Å²) in [6.45, 7) is 0. The van der Waals surface area contributed by atoms with Crippen molar-refractivity contribution in [1.29, 1.82) is 0 Å². The monoisotopic (exact) mass is 331 g/mol. The van der Waals surface area contributed by atoms with Crippen molar-refractivity contribution in [3.05, 3.63) is 71.8 Å². The fourth-order valence-electron chi connectivity index (χ4n) is 2.17. The van der Waals surface area contributed by atoms with Crippen molar-refractivity contribution in [2.45, 2.75) is 10.9 Å². The fraction of sp³-hybridized carbons (Fsp3) is 0.188. The molecular formula is C16H14BrNS. The van der Waals surface area contributed by atoms with Crippen LogP contribution in [-0.4, -0.2) is 15.6 Å². The Morgan fingerprint density at radius 2 is 1.58 bits per heavy atom. The third-order valence-electron chi connectivity index (χ3n) is 3.14. The Balaban J connectivity index is 1.96. The molecule has 3 rings (SSSR count). The number of hydrogen-bond acceptors (Lipinski definition) is 2. The minimum atomic E-state index is 0.206. The van der Waals surface area contributed by atoms with Crippen LogP contribution in [0.2, 0.25) is 0 Å². The Hall–Kier alpha value is -1.06. The maximum Gasteiger partial charge on any atom is 0.0985 e. The topological polar surface area (TPSA) is 12.4 Å². The smallest absolute Gasteiger partial charge is 0.0985 e. The predicted octanol–water partition coefficient (Wildman–Crippen LogP) is 4.68. The molecule has 1 heterocycles. The van der Waals surface area contributed by atoms with Crippen LogP contribution in [0.25, 0.3) is 0 Å². The molecular weight excluding hydrogens is 318 g/mol. The molecule has 19 heavy (non-hydrogen) atoms. The van der Waals surface area contributed by atoms with Crippen molar-refractivity contribution >= 4 is 32.7 Å². The molecule has 2 aromatic rings. The number of thioether (sulfide) groups is 1. The van der Waals surface area contributed by atoms with Gasteiger partial charge in [-0.1, -0.05) is 76.6 Å². The summed E-state index contributed by atoms with van der Waals surface area (Å²) in [5.41, 5.74) is 2.49. The Morgan fingerprint density at radius 1 is 0.947 bits per heavy atom. The number of alkyl halides is 1. The van der Waals surface area contributed by atoms with E-state index in [1.165, 1.54) is 11.1 Å². The average Bonchev–Trinajstić information content (AvgIpc) is 2.49. The van der Waals surface area contributed by atoms with Gasteiger partial charge in [0.15, 0.2) is 0 Å². The second kappa shape index (κ2) is 5.93. The summed E-state index contributed by atoms with van der Waals surface area (Å²) in [5, 5.41) is 1.14. The molecule has 0 N–H and O–H groups in total. The van der Waals surface area contributed by atoms with Gasteiger partial charge in [0.2, 0.25) is 0 Å². The molecule has 0 amide bonds. The number of aliphatic imine (C=N–C) groups is 1. The van der Waals surface area contributed by atoms with Gasteiger partial charge in [0.25, 0.3) is 0 Å². The van der Waals surface area contributed by atoms with Crippen LogP contribution in [-0.2, 0) is 0 Å². The van der Waals surface area contributed by atoms with E-state index in [-0.39, 0.29) is 6.04 Å². The van der Waals surface area contributed by atoms with Gasteiger partial charge in [-0.2, -0.15) is 0 Å². The van der Waals surface area contributed by atoms with Crippen LogP contribution in [0, 0.1) is 0 Å². The zero-order chi connectivity index (χ0) is 13.1. The van der Waals surface area contributed by atoms with E-state index in [1.807, 2.05) is 23.9 Å². The van der Waals surface area contributed by atoms with Gasteiger partial charge in [0.1, 0.15) is 0 Å². The van der Waals surface area contributed by atoms with E-state index in [0.717, 1.165) is 10.8 Å². The maximum atomic E-state index is 4.94. The molecule has 0 bridgehead atoms. The molecule has 2 aromatic carbocycles. The highest BCUT2D eigenvalue weighted by Crippen LogP contribution is 2.35. The Bertz CT molecular complexity index is 568. The normalized spacial score (nSPS) is 22.9. The second-order valence-corrected chi connectivity index (χ2v) is 6.67. The van der Waals surface area contributed by atoms with Gasteiger partial charge in [-0.25, -0.2) is 0 Å². The first-order valence-corrected chi connectivity index (χ1v) is 8.20. The number of benzene rings is 2. The van der Waals surface area contributed by atoms with E-state index < -0.39 is 0 Å². The molecule has 1 nitrogen and oxygen atoms in total. The molecule has 0 saturated carbocycles. The highest BCUT2D eigenvalue weighted by Gasteiger charge is 2.26. The van der Waals surface area contributed by atoms with Crippen LogP contribution in [0.5, 0.6) is 0 Å². The number of halogens is 1. The van der Waals surface area contributed by atoms with Crippen LogP contribution in [0.1, 0.15) is 17.2 Å².